The highest BCUT2D eigenvalue weighted by Crippen LogP contribution is 2.15. The molecule has 1 heterocycles. The number of benzene rings is 2. The number of carboxylic acid groups (broad SMARTS) is 1. The topological polar surface area (TPSA) is 72.2 Å². The average molecular weight is 294 g/mol. The summed E-state index contributed by atoms with van der Waals surface area (Å²) in [6.07, 6.45) is 0.890. The first-order valence-corrected chi connectivity index (χ1v) is 6.96. The first-order chi connectivity index (χ1) is 10.6. The van der Waals surface area contributed by atoms with Crippen LogP contribution in [0.2, 0.25) is 0 Å². The van der Waals surface area contributed by atoms with Crippen LogP contribution in [0.1, 0.15) is 23.0 Å². The van der Waals surface area contributed by atoms with Gasteiger partial charge in [0.15, 0.2) is 5.69 Å². The minimum Gasteiger partial charge on any atom is -0.476 e. The average Bonchev–Trinajstić information content (AvgIpc) is 2.55. The number of carbonyl (C=O) groups is 1. The predicted octanol–water partition coefficient (Wildman–Crippen LogP) is 2.65. The van der Waals surface area contributed by atoms with Crippen LogP contribution in [0.5, 0.6) is 0 Å². The van der Waals surface area contributed by atoms with Crippen molar-refractivity contribution in [2.75, 3.05) is 0 Å². The minimum atomic E-state index is -1.16. The van der Waals surface area contributed by atoms with E-state index in [1.165, 1.54) is 0 Å². The minimum absolute atomic E-state index is 0.130. The van der Waals surface area contributed by atoms with Gasteiger partial charge < -0.3 is 5.11 Å². The SMILES string of the molecule is CCc1ccc(-n2nc(C(=O)O)c3ccccc3c2=O)cc1. The van der Waals surface area contributed by atoms with Crippen LogP contribution in [-0.4, -0.2) is 20.9 Å². The molecular formula is C17H14N2O3. The molecule has 0 fully saturated rings. The number of rotatable bonds is 3. The van der Waals surface area contributed by atoms with Crippen LogP contribution >= 0.6 is 0 Å². The van der Waals surface area contributed by atoms with E-state index in [2.05, 4.69) is 5.10 Å². The number of aromatic nitrogens is 2. The second-order valence-electron chi connectivity index (χ2n) is 4.94. The summed E-state index contributed by atoms with van der Waals surface area (Å²) in [5.41, 5.74) is 1.23. The molecule has 0 spiro atoms. The van der Waals surface area contributed by atoms with E-state index in [9.17, 15) is 14.7 Å². The lowest BCUT2D eigenvalue weighted by Gasteiger charge is -2.09. The summed E-state index contributed by atoms with van der Waals surface area (Å²) < 4.78 is 1.14. The third kappa shape index (κ3) is 2.26. The summed E-state index contributed by atoms with van der Waals surface area (Å²) in [5, 5.41) is 14.1. The van der Waals surface area contributed by atoms with Gasteiger partial charge in [0.2, 0.25) is 0 Å². The van der Waals surface area contributed by atoms with Gasteiger partial charge in [-0.1, -0.05) is 37.3 Å². The van der Waals surface area contributed by atoms with Crippen molar-refractivity contribution in [1.29, 1.82) is 0 Å². The standard InChI is InChI=1S/C17H14N2O3/c1-2-11-7-9-12(10-8-11)19-16(20)14-6-4-3-5-13(14)15(18-19)17(21)22/h3-10H,2H2,1H3,(H,21,22). The third-order valence-electron chi connectivity index (χ3n) is 3.60. The van der Waals surface area contributed by atoms with E-state index in [-0.39, 0.29) is 11.3 Å². The van der Waals surface area contributed by atoms with Crippen molar-refractivity contribution in [2.24, 2.45) is 0 Å². The Bertz CT molecular complexity index is 911. The van der Waals surface area contributed by atoms with Gasteiger partial charge in [-0.15, -0.1) is 0 Å². The van der Waals surface area contributed by atoms with Gasteiger partial charge in [-0.25, -0.2) is 4.79 Å². The normalized spacial score (nSPS) is 10.8. The van der Waals surface area contributed by atoms with Crippen molar-refractivity contribution in [2.45, 2.75) is 13.3 Å². The molecule has 0 aliphatic rings. The van der Waals surface area contributed by atoms with Crippen LogP contribution in [0.25, 0.3) is 16.5 Å². The highest BCUT2D eigenvalue weighted by molar-refractivity contribution is 6.01. The summed E-state index contributed by atoms with van der Waals surface area (Å²) in [4.78, 5) is 24.0. The van der Waals surface area contributed by atoms with Gasteiger partial charge in [0, 0.05) is 5.39 Å². The first kappa shape index (κ1) is 14.0. The molecule has 3 aromatic rings. The van der Waals surface area contributed by atoms with Crippen molar-refractivity contribution in [3.8, 4) is 5.69 Å². The summed E-state index contributed by atoms with van der Waals surface area (Å²) >= 11 is 0. The van der Waals surface area contributed by atoms with Gasteiger partial charge in [0.1, 0.15) is 0 Å². The quantitative estimate of drug-likeness (QED) is 0.806. The number of hydrogen-bond acceptors (Lipinski definition) is 3. The fraction of sp³-hybridized carbons (Fsp3) is 0.118. The van der Waals surface area contributed by atoms with Crippen molar-refractivity contribution in [3.63, 3.8) is 0 Å². The van der Waals surface area contributed by atoms with Crippen LogP contribution in [0.3, 0.4) is 0 Å². The Morgan fingerprint density at radius 3 is 2.32 bits per heavy atom. The lowest BCUT2D eigenvalue weighted by Crippen LogP contribution is -2.24. The maximum Gasteiger partial charge on any atom is 0.357 e. The Morgan fingerprint density at radius 2 is 1.73 bits per heavy atom. The molecule has 3 rings (SSSR count). The monoisotopic (exact) mass is 294 g/mol. The molecule has 5 nitrogen and oxygen atoms in total. The zero-order valence-corrected chi connectivity index (χ0v) is 12.0. The van der Waals surface area contributed by atoms with Crippen LogP contribution < -0.4 is 5.56 Å². The van der Waals surface area contributed by atoms with Crippen molar-refractivity contribution in [1.82, 2.24) is 9.78 Å². The summed E-state index contributed by atoms with van der Waals surface area (Å²) in [5.74, 6) is -1.16. The fourth-order valence-corrected chi connectivity index (χ4v) is 2.40. The molecule has 1 N–H and O–H groups in total. The zero-order chi connectivity index (χ0) is 15.7. The molecule has 5 heteroatoms. The number of carboxylic acids is 1. The lowest BCUT2D eigenvalue weighted by atomic mass is 10.1. The molecule has 22 heavy (non-hydrogen) atoms. The molecule has 0 amide bonds. The summed E-state index contributed by atoms with van der Waals surface area (Å²) in [6.45, 7) is 2.04. The molecular weight excluding hydrogens is 280 g/mol. The number of aromatic carboxylic acids is 1. The molecule has 0 radical (unpaired) electrons. The van der Waals surface area contributed by atoms with Gasteiger partial charge in [0.25, 0.3) is 5.56 Å². The molecule has 0 bridgehead atoms. The van der Waals surface area contributed by atoms with Crippen LogP contribution in [-0.2, 0) is 6.42 Å². The van der Waals surface area contributed by atoms with Crippen molar-refractivity contribution < 1.29 is 9.90 Å². The Labute approximate surface area is 126 Å². The zero-order valence-electron chi connectivity index (χ0n) is 12.0. The molecule has 1 aromatic heterocycles. The van der Waals surface area contributed by atoms with Gasteiger partial charge in [-0.05, 0) is 30.2 Å². The highest BCUT2D eigenvalue weighted by atomic mass is 16.4. The Balaban J connectivity index is 2.31. The number of aryl methyl sites for hydroxylation is 1. The van der Waals surface area contributed by atoms with Crippen LogP contribution in [0.4, 0.5) is 0 Å². The molecule has 0 aliphatic carbocycles. The predicted molar refractivity (Wildman–Crippen MR) is 83.7 cm³/mol. The molecule has 0 saturated heterocycles. The molecule has 0 aliphatic heterocycles. The van der Waals surface area contributed by atoms with E-state index in [1.807, 2.05) is 19.1 Å². The summed E-state index contributed by atoms with van der Waals surface area (Å²) in [7, 11) is 0. The first-order valence-electron chi connectivity index (χ1n) is 6.96. The molecule has 0 saturated carbocycles. The maximum absolute atomic E-state index is 12.6. The van der Waals surface area contributed by atoms with Crippen LogP contribution in [0, 0.1) is 0 Å². The fourth-order valence-electron chi connectivity index (χ4n) is 2.40. The van der Waals surface area contributed by atoms with E-state index >= 15 is 0 Å². The van der Waals surface area contributed by atoms with E-state index in [1.54, 1.807) is 36.4 Å². The van der Waals surface area contributed by atoms with Gasteiger partial charge in [0.05, 0.1) is 11.1 Å². The Morgan fingerprint density at radius 1 is 1.09 bits per heavy atom. The van der Waals surface area contributed by atoms with Crippen molar-refractivity contribution in [3.05, 3.63) is 70.1 Å². The third-order valence-corrected chi connectivity index (χ3v) is 3.60. The maximum atomic E-state index is 12.6. The largest absolute Gasteiger partial charge is 0.476 e. The second-order valence-corrected chi connectivity index (χ2v) is 4.94. The molecule has 110 valence electrons. The molecule has 0 atom stereocenters. The smallest absolute Gasteiger partial charge is 0.357 e. The lowest BCUT2D eigenvalue weighted by molar-refractivity contribution is 0.0691. The van der Waals surface area contributed by atoms with Crippen molar-refractivity contribution >= 4 is 16.7 Å². The Kier molecular flexibility index (Phi) is 3.47. The summed E-state index contributed by atoms with van der Waals surface area (Å²) in [6, 6.07) is 14.0. The van der Waals surface area contributed by atoms with E-state index < -0.39 is 5.97 Å². The number of nitrogens with zero attached hydrogens (tertiary/aromatic N) is 2. The van der Waals surface area contributed by atoms with E-state index in [0.717, 1.165) is 16.7 Å². The van der Waals surface area contributed by atoms with E-state index in [4.69, 9.17) is 0 Å². The van der Waals surface area contributed by atoms with Gasteiger partial charge in [-0.2, -0.15) is 9.78 Å². The van der Waals surface area contributed by atoms with E-state index in [0.29, 0.717) is 16.5 Å². The highest BCUT2D eigenvalue weighted by Gasteiger charge is 2.16. The molecule has 0 unspecified atom stereocenters. The van der Waals surface area contributed by atoms with Gasteiger partial charge >= 0.3 is 5.97 Å². The molecule has 2 aromatic carbocycles. The number of fused-ring (bicyclic) bond motifs is 1. The van der Waals surface area contributed by atoms with Crippen LogP contribution in [0.15, 0.2) is 53.3 Å². The second kappa shape index (κ2) is 5.44. The number of hydrogen-bond donors (Lipinski definition) is 1. The Hall–Kier alpha value is -2.95. The van der Waals surface area contributed by atoms with Gasteiger partial charge in [-0.3, -0.25) is 4.79 Å².